The summed E-state index contributed by atoms with van der Waals surface area (Å²) >= 11 is 3.36. The van der Waals surface area contributed by atoms with Crippen molar-refractivity contribution in [2.75, 3.05) is 0 Å². The van der Waals surface area contributed by atoms with Crippen molar-refractivity contribution in [3.8, 4) is 0 Å². The summed E-state index contributed by atoms with van der Waals surface area (Å²) in [6, 6.07) is 4.66. The molecule has 0 saturated heterocycles. The molecule has 1 nitrogen and oxygen atoms in total. The van der Waals surface area contributed by atoms with Gasteiger partial charge in [-0.05, 0) is 42.4 Å². The van der Waals surface area contributed by atoms with Crippen LogP contribution in [0.1, 0.15) is 38.7 Å². The monoisotopic (exact) mass is 300 g/mol. The standard InChI is InChI=1S/C14H18BrFO/c1-13(2)5-6-14(17,9-13)8-10-3-4-11(16)7-12(10)15/h3-4,7,17H,5-6,8-9H2,1-2H3. The first-order chi connectivity index (χ1) is 7.80. The zero-order valence-electron chi connectivity index (χ0n) is 10.3. The summed E-state index contributed by atoms with van der Waals surface area (Å²) in [4.78, 5) is 0. The molecule has 1 fully saturated rings. The van der Waals surface area contributed by atoms with Crippen molar-refractivity contribution in [2.24, 2.45) is 5.41 Å². The molecule has 1 aromatic rings. The van der Waals surface area contributed by atoms with Gasteiger partial charge in [-0.2, -0.15) is 0 Å². The van der Waals surface area contributed by atoms with Gasteiger partial charge in [0.15, 0.2) is 0 Å². The second-order valence-corrected chi connectivity index (χ2v) is 6.83. The first kappa shape index (κ1) is 13.0. The second-order valence-electron chi connectivity index (χ2n) is 5.98. The second kappa shape index (κ2) is 4.36. The molecule has 0 amide bonds. The summed E-state index contributed by atoms with van der Waals surface area (Å²) < 4.78 is 13.7. The van der Waals surface area contributed by atoms with Gasteiger partial charge in [-0.25, -0.2) is 4.39 Å². The topological polar surface area (TPSA) is 20.2 Å². The lowest BCUT2D eigenvalue weighted by atomic mass is 9.86. The molecule has 0 heterocycles. The van der Waals surface area contributed by atoms with Crippen LogP contribution >= 0.6 is 15.9 Å². The molecule has 1 aliphatic rings. The lowest BCUT2D eigenvalue weighted by Crippen LogP contribution is -2.29. The highest BCUT2D eigenvalue weighted by molar-refractivity contribution is 9.10. The average Bonchev–Trinajstić information content (AvgIpc) is 2.46. The highest BCUT2D eigenvalue weighted by Crippen LogP contribution is 2.45. The molecule has 94 valence electrons. The predicted molar refractivity (Wildman–Crippen MR) is 70.4 cm³/mol. The molecule has 2 rings (SSSR count). The minimum Gasteiger partial charge on any atom is -0.390 e. The lowest BCUT2D eigenvalue weighted by Gasteiger charge is -2.25. The van der Waals surface area contributed by atoms with Crippen LogP contribution < -0.4 is 0 Å². The van der Waals surface area contributed by atoms with Crippen LogP contribution in [0.4, 0.5) is 4.39 Å². The maximum Gasteiger partial charge on any atom is 0.124 e. The zero-order chi connectivity index (χ0) is 12.7. The van der Waals surface area contributed by atoms with Gasteiger partial charge in [0.05, 0.1) is 5.60 Å². The van der Waals surface area contributed by atoms with Crippen molar-refractivity contribution < 1.29 is 9.50 Å². The molecule has 1 aromatic carbocycles. The summed E-state index contributed by atoms with van der Waals surface area (Å²) in [5.74, 6) is -0.251. The van der Waals surface area contributed by atoms with Crippen molar-refractivity contribution in [3.63, 3.8) is 0 Å². The van der Waals surface area contributed by atoms with Crippen molar-refractivity contribution in [2.45, 2.75) is 45.1 Å². The van der Waals surface area contributed by atoms with Gasteiger partial charge in [0, 0.05) is 10.9 Å². The third kappa shape index (κ3) is 3.08. The van der Waals surface area contributed by atoms with Crippen molar-refractivity contribution in [1.29, 1.82) is 0 Å². The molecule has 1 aliphatic carbocycles. The highest BCUT2D eigenvalue weighted by Gasteiger charge is 2.41. The smallest absolute Gasteiger partial charge is 0.124 e. The summed E-state index contributed by atoms with van der Waals surface area (Å²) in [5, 5.41) is 10.6. The first-order valence-corrected chi connectivity index (χ1v) is 6.75. The molecule has 3 heteroatoms. The number of benzene rings is 1. The Hall–Kier alpha value is -0.410. The third-order valence-electron chi connectivity index (χ3n) is 3.61. The van der Waals surface area contributed by atoms with Crippen LogP contribution in [0.15, 0.2) is 22.7 Å². The summed E-state index contributed by atoms with van der Waals surface area (Å²) in [6.07, 6.45) is 3.27. The SMILES string of the molecule is CC1(C)CCC(O)(Cc2ccc(F)cc2Br)C1. The van der Waals surface area contributed by atoms with E-state index < -0.39 is 5.60 Å². The van der Waals surface area contributed by atoms with Crippen molar-refractivity contribution in [1.82, 2.24) is 0 Å². The molecule has 17 heavy (non-hydrogen) atoms. The van der Waals surface area contributed by atoms with E-state index in [0.29, 0.717) is 6.42 Å². The fourth-order valence-electron chi connectivity index (χ4n) is 2.81. The van der Waals surface area contributed by atoms with E-state index in [0.717, 1.165) is 29.3 Å². The fraction of sp³-hybridized carbons (Fsp3) is 0.571. The Morgan fingerprint density at radius 1 is 1.35 bits per heavy atom. The predicted octanol–water partition coefficient (Wildman–Crippen LogP) is 4.07. The van der Waals surface area contributed by atoms with Crippen LogP contribution in [0, 0.1) is 11.2 Å². The molecule has 1 saturated carbocycles. The summed E-state index contributed by atoms with van der Waals surface area (Å²) in [6.45, 7) is 4.37. The summed E-state index contributed by atoms with van der Waals surface area (Å²) in [5.41, 5.74) is 0.553. The van der Waals surface area contributed by atoms with Crippen molar-refractivity contribution >= 4 is 15.9 Å². The lowest BCUT2D eigenvalue weighted by molar-refractivity contribution is 0.0377. The van der Waals surface area contributed by atoms with Crippen LogP contribution in [-0.2, 0) is 6.42 Å². The molecule has 0 spiro atoms. The van der Waals surface area contributed by atoms with E-state index >= 15 is 0 Å². The Labute approximate surface area is 110 Å². The van der Waals surface area contributed by atoms with Gasteiger partial charge in [0.1, 0.15) is 5.82 Å². The molecule has 0 bridgehead atoms. The van der Waals surface area contributed by atoms with E-state index in [4.69, 9.17) is 0 Å². The Kier molecular flexibility index (Phi) is 3.34. The van der Waals surface area contributed by atoms with E-state index in [1.165, 1.54) is 12.1 Å². The Morgan fingerprint density at radius 3 is 2.59 bits per heavy atom. The maximum absolute atomic E-state index is 13.0. The maximum atomic E-state index is 13.0. The minimum absolute atomic E-state index is 0.210. The highest BCUT2D eigenvalue weighted by atomic mass is 79.9. The van der Waals surface area contributed by atoms with Crippen LogP contribution in [-0.4, -0.2) is 10.7 Å². The van der Waals surface area contributed by atoms with Gasteiger partial charge in [-0.15, -0.1) is 0 Å². The Bertz CT molecular complexity index is 430. The average molecular weight is 301 g/mol. The fourth-order valence-corrected chi connectivity index (χ4v) is 3.30. The van der Waals surface area contributed by atoms with Gasteiger partial charge < -0.3 is 5.11 Å². The summed E-state index contributed by atoms with van der Waals surface area (Å²) in [7, 11) is 0. The quantitative estimate of drug-likeness (QED) is 0.873. The molecule has 1 atom stereocenters. The molecular formula is C14H18BrFO. The van der Waals surface area contributed by atoms with Crippen molar-refractivity contribution in [3.05, 3.63) is 34.1 Å². The van der Waals surface area contributed by atoms with E-state index in [2.05, 4.69) is 29.8 Å². The van der Waals surface area contributed by atoms with Crippen LogP contribution in [0.3, 0.4) is 0 Å². The molecule has 1 N–H and O–H groups in total. The van der Waals surface area contributed by atoms with E-state index in [1.54, 1.807) is 6.07 Å². The van der Waals surface area contributed by atoms with Gasteiger partial charge in [0.25, 0.3) is 0 Å². The van der Waals surface area contributed by atoms with Crippen LogP contribution in [0.25, 0.3) is 0 Å². The Balaban J connectivity index is 2.16. The van der Waals surface area contributed by atoms with Gasteiger partial charge in [-0.1, -0.05) is 35.8 Å². The molecular weight excluding hydrogens is 283 g/mol. The number of halogens is 2. The zero-order valence-corrected chi connectivity index (χ0v) is 11.8. The first-order valence-electron chi connectivity index (χ1n) is 5.96. The molecule has 1 unspecified atom stereocenters. The number of aliphatic hydroxyl groups is 1. The van der Waals surface area contributed by atoms with Crippen LogP contribution in [0.5, 0.6) is 0 Å². The molecule has 0 aromatic heterocycles. The number of hydrogen-bond acceptors (Lipinski definition) is 1. The van der Waals surface area contributed by atoms with E-state index in [1.807, 2.05) is 0 Å². The normalized spacial score (nSPS) is 27.4. The molecule has 0 aliphatic heterocycles. The third-order valence-corrected chi connectivity index (χ3v) is 4.35. The van der Waals surface area contributed by atoms with Gasteiger partial charge >= 0.3 is 0 Å². The van der Waals surface area contributed by atoms with E-state index in [-0.39, 0.29) is 11.2 Å². The Morgan fingerprint density at radius 2 is 2.06 bits per heavy atom. The minimum atomic E-state index is -0.635. The van der Waals surface area contributed by atoms with E-state index in [9.17, 15) is 9.50 Å². The largest absolute Gasteiger partial charge is 0.390 e. The van der Waals surface area contributed by atoms with Crippen LogP contribution in [0.2, 0.25) is 0 Å². The number of rotatable bonds is 2. The van der Waals surface area contributed by atoms with Gasteiger partial charge in [-0.3, -0.25) is 0 Å². The number of hydrogen-bond donors (Lipinski definition) is 1. The molecule has 0 radical (unpaired) electrons. The van der Waals surface area contributed by atoms with Gasteiger partial charge in [0.2, 0.25) is 0 Å².